The van der Waals surface area contributed by atoms with E-state index in [0.717, 1.165) is 51.3 Å². The normalized spacial score (nSPS) is 20.2. The van der Waals surface area contributed by atoms with E-state index >= 15 is 0 Å². The van der Waals surface area contributed by atoms with Gasteiger partial charge in [0.05, 0.1) is 0 Å². The Labute approximate surface area is 208 Å². The number of nitrogens with zero attached hydrogens (tertiary/aromatic N) is 1. The van der Waals surface area contributed by atoms with Crippen molar-refractivity contribution >= 4 is 23.2 Å². The van der Waals surface area contributed by atoms with Crippen molar-refractivity contribution < 1.29 is 4.79 Å². The highest BCUT2D eigenvalue weighted by molar-refractivity contribution is 6.15. The van der Waals surface area contributed by atoms with Crippen molar-refractivity contribution in [2.45, 2.75) is 26.2 Å². The Morgan fingerprint density at radius 2 is 1.51 bits per heavy atom. The van der Waals surface area contributed by atoms with Gasteiger partial charge in [0.1, 0.15) is 0 Å². The molecule has 0 bridgehead atoms. The lowest BCUT2D eigenvalue weighted by Crippen LogP contribution is -2.37. The average molecular weight is 461 g/mol. The molecule has 0 fully saturated rings. The summed E-state index contributed by atoms with van der Waals surface area (Å²) < 4.78 is 0. The Morgan fingerprint density at radius 1 is 0.886 bits per heavy atom. The monoisotopic (exact) mass is 460 g/mol. The van der Waals surface area contributed by atoms with Crippen molar-refractivity contribution in [2.24, 2.45) is 5.41 Å². The van der Waals surface area contributed by atoms with Gasteiger partial charge in [-0.05, 0) is 52.8 Å². The maximum atomic E-state index is 14.2. The van der Waals surface area contributed by atoms with E-state index in [1.54, 1.807) is 0 Å². The van der Waals surface area contributed by atoms with E-state index < -0.39 is 0 Å². The van der Waals surface area contributed by atoms with Gasteiger partial charge in [-0.2, -0.15) is 0 Å². The van der Waals surface area contributed by atoms with Crippen LogP contribution in [0.2, 0.25) is 0 Å². The number of carbonyl (C=O) groups is 1. The molecule has 2 aliphatic rings. The van der Waals surface area contributed by atoms with Gasteiger partial charge in [0.25, 0.3) is 0 Å². The summed E-state index contributed by atoms with van der Waals surface area (Å²) in [7, 11) is 4.07. The van der Waals surface area contributed by atoms with Crippen LogP contribution in [0.5, 0.6) is 0 Å². The Kier molecular flexibility index (Phi) is 5.94. The number of anilines is 1. The van der Waals surface area contributed by atoms with Crippen molar-refractivity contribution in [1.29, 1.82) is 0 Å². The molecule has 0 spiro atoms. The largest absolute Gasteiger partial charge is 0.378 e. The fraction of sp³-hybridized carbons (Fsp3) is 0.219. The van der Waals surface area contributed by atoms with Crippen LogP contribution in [0, 0.1) is 5.41 Å². The number of Topliss-reactive ketones (excluding diaryl/α,β-unsaturated/α-hetero) is 1. The van der Waals surface area contributed by atoms with Gasteiger partial charge in [0.2, 0.25) is 0 Å². The number of ketones is 1. The minimum absolute atomic E-state index is 0.0919. The third kappa shape index (κ3) is 4.46. The summed E-state index contributed by atoms with van der Waals surface area (Å²) in [4.78, 5) is 16.3. The summed E-state index contributed by atoms with van der Waals surface area (Å²) in [5.74, 6) is 0.0448. The highest BCUT2D eigenvalue weighted by Crippen LogP contribution is 2.48. The summed E-state index contributed by atoms with van der Waals surface area (Å²) in [6.45, 7) is 4.35. The zero-order valence-electron chi connectivity index (χ0n) is 20.9. The molecule has 1 aliphatic carbocycles. The second-order valence-electron chi connectivity index (χ2n) is 10.3. The Bertz CT molecular complexity index is 1330. The van der Waals surface area contributed by atoms with Crippen LogP contribution in [0.4, 0.5) is 5.69 Å². The third-order valence-corrected chi connectivity index (χ3v) is 7.06. The second-order valence-corrected chi connectivity index (χ2v) is 10.3. The third-order valence-electron chi connectivity index (χ3n) is 7.06. The van der Waals surface area contributed by atoms with E-state index in [0.29, 0.717) is 0 Å². The van der Waals surface area contributed by atoms with Crippen molar-refractivity contribution in [3.63, 3.8) is 0 Å². The number of allylic oxidation sites excluding steroid dienone is 4. The lowest BCUT2D eigenvalue weighted by Gasteiger charge is -2.40. The number of rotatable bonds is 4. The van der Waals surface area contributed by atoms with Crippen LogP contribution in [0.1, 0.15) is 42.9 Å². The van der Waals surface area contributed by atoms with E-state index in [1.165, 1.54) is 0 Å². The highest BCUT2D eigenvalue weighted by Gasteiger charge is 2.42. The predicted octanol–water partition coefficient (Wildman–Crippen LogP) is 6.82. The number of benzene rings is 3. The fourth-order valence-corrected chi connectivity index (χ4v) is 5.12. The summed E-state index contributed by atoms with van der Waals surface area (Å²) in [5, 5.41) is 3.65. The molecule has 35 heavy (non-hydrogen) atoms. The topological polar surface area (TPSA) is 32.3 Å². The van der Waals surface area contributed by atoms with Gasteiger partial charge in [-0.1, -0.05) is 86.6 Å². The van der Waals surface area contributed by atoms with Gasteiger partial charge >= 0.3 is 0 Å². The molecule has 1 N–H and O–H groups in total. The first-order chi connectivity index (χ1) is 16.8. The molecule has 3 aromatic rings. The van der Waals surface area contributed by atoms with Gasteiger partial charge in [0, 0.05) is 48.2 Å². The predicted molar refractivity (Wildman–Crippen MR) is 146 cm³/mol. The maximum absolute atomic E-state index is 14.2. The standard InChI is InChI=1S/C32H32N2O/c1-32(2)21-29-30(31(35)27(32)19-22-15-17-25(18-16-22)34(3)4)26(23-11-7-5-8-12-23)20-28(33-29)24-13-9-6-10-14-24/h5-20,26,33H,21H2,1-4H3/b27-19+. The van der Waals surface area contributed by atoms with Crippen molar-refractivity contribution in [2.75, 3.05) is 19.0 Å². The lowest BCUT2D eigenvalue weighted by molar-refractivity contribution is -0.113. The van der Waals surface area contributed by atoms with Crippen LogP contribution < -0.4 is 10.2 Å². The summed E-state index contributed by atoms with van der Waals surface area (Å²) in [6.07, 6.45) is 5.08. The highest BCUT2D eigenvalue weighted by atomic mass is 16.1. The molecule has 1 heterocycles. The molecule has 0 radical (unpaired) electrons. The van der Waals surface area contributed by atoms with Crippen LogP contribution in [0.15, 0.2) is 108 Å². The van der Waals surface area contributed by atoms with Gasteiger partial charge in [-0.15, -0.1) is 0 Å². The van der Waals surface area contributed by atoms with Crippen LogP contribution in [0.25, 0.3) is 11.8 Å². The summed E-state index contributed by atoms with van der Waals surface area (Å²) >= 11 is 0. The minimum atomic E-state index is -0.288. The quantitative estimate of drug-likeness (QED) is 0.434. The molecule has 0 saturated carbocycles. The molecule has 1 unspecified atom stereocenters. The molecule has 3 heteroatoms. The molecular formula is C32H32N2O. The number of nitrogens with one attached hydrogen (secondary N) is 1. The SMILES string of the molecule is CN(C)c1ccc(/C=C2\C(=O)C3=C(CC2(C)C)NC(c2ccccc2)=CC3c2ccccc2)cc1. The zero-order chi connectivity index (χ0) is 24.6. The first-order valence-corrected chi connectivity index (χ1v) is 12.2. The van der Waals surface area contributed by atoms with Gasteiger partial charge in [-0.3, -0.25) is 4.79 Å². The lowest BCUT2D eigenvalue weighted by atomic mass is 9.67. The molecule has 1 aliphatic heterocycles. The van der Waals surface area contributed by atoms with Crippen LogP contribution in [-0.4, -0.2) is 19.9 Å². The van der Waals surface area contributed by atoms with Gasteiger partial charge in [0.15, 0.2) is 5.78 Å². The molecule has 176 valence electrons. The van der Waals surface area contributed by atoms with Gasteiger partial charge < -0.3 is 10.2 Å². The second kappa shape index (κ2) is 9.07. The molecular weight excluding hydrogens is 428 g/mol. The van der Waals surface area contributed by atoms with Crippen molar-refractivity contribution in [3.8, 4) is 0 Å². The van der Waals surface area contributed by atoms with E-state index in [2.05, 4.69) is 96.9 Å². The molecule has 3 aromatic carbocycles. The first-order valence-electron chi connectivity index (χ1n) is 12.2. The van der Waals surface area contributed by atoms with Gasteiger partial charge in [-0.25, -0.2) is 0 Å². The number of dihydropyridines is 1. The van der Waals surface area contributed by atoms with Crippen LogP contribution >= 0.6 is 0 Å². The molecule has 0 amide bonds. The van der Waals surface area contributed by atoms with Crippen LogP contribution in [0.3, 0.4) is 0 Å². The molecule has 3 nitrogen and oxygen atoms in total. The van der Waals surface area contributed by atoms with E-state index in [4.69, 9.17) is 0 Å². The van der Waals surface area contributed by atoms with Crippen molar-refractivity contribution in [3.05, 3.63) is 125 Å². The summed E-state index contributed by atoms with van der Waals surface area (Å²) in [5.41, 5.74) is 8.01. The molecule has 1 atom stereocenters. The molecule has 0 saturated heterocycles. The van der Waals surface area contributed by atoms with E-state index in [-0.39, 0.29) is 17.1 Å². The first kappa shape index (κ1) is 22.9. The number of carbonyl (C=O) groups excluding carboxylic acids is 1. The average Bonchev–Trinajstić information content (AvgIpc) is 2.87. The summed E-state index contributed by atoms with van der Waals surface area (Å²) in [6, 6.07) is 29.1. The molecule has 0 aromatic heterocycles. The smallest absolute Gasteiger partial charge is 0.188 e. The van der Waals surface area contributed by atoms with Crippen molar-refractivity contribution in [1.82, 2.24) is 5.32 Å². The zero-order valence-corrected chi connectivity index (χ0v) is 20.9. The Balaban J connectivity index is 1.59. The number of hydrogen-bond donors (Lipinski definition) is 1. The Hall–Kier alpha value is -3.85. The number of hydrogen-bond acceptors (Lipinski definition) is 3. The molecule has 5 rings (SSSR count). The fourth-order valence-electron chi connectivity index (χ4n) is 5.12. The van der Waals surface area contributed by atoms with E-state index in [9.17, 15) is 4.79 Å². The maximum Gasteiger partial charge on any atom is 0.188 e. The van der Waals surface area contributed by atoms with E-state index in [1.807, 2.05) is 38.4 Å². The Morgan fingerprint density at radius 3 is 2.14 bits per heavy atom. The minimum Gasteiger partial charge on any atom is -0.378 e. The van der Waals surface area contributed by atoms with Crippen LogP contribution in [-0.2, 0) is 4.79 Å².